The van der Waals surface area contributed by atoms with E-state index in [9.17, 15) is 18.7 Å². The van der Waals surface area contributed by atoms with E-state index in [4.69, 9.17) is 4.74 Å². The van der Waals surface area contributed by atoms with Gasteiger partial charge in [0.25, 0.3) is 0 Å². The Hall–Kier alpha value is -2.17. The third-order valence-corrected chi connectivity index (χ3v) is 4.95. The molecule has 1 N–H and O–H groups in total. The van der Waals surface area contributed by atoms with Crippen molar-refractivity contribution in [1.29, 1.82) is 0 Å². The molecule has 0 aliphatic carbocycles. The largest absolute Gasteiger partial charge is 0.384 e. The van der Waals surface area contributed by atoms with E-state index in [0.29, 0.717) is 18.8 Å². The second kappa shape index (κ2) is 5.93. The van der Waals surface area contributed by atoms with Crippen molar-refractivity contribution in [1.82, 2.24) is 24.2 Å². The monoisotopic (exact) mass is 367 g/mol. The van der Waals surface area contributed by atoms with Crippen LogP contribution in [-0.4, -0.2) is 54.0 Å². The molecular formula is C16H19F2N5O3. The van der Waals surface area contributed by atoms with Crippen LogP contribution in [0.25, 0.3) is 0 Å². The summed E-state index contributed by atoms with van der Waals surface area (Å²) in [6.07, 6.45) is -2.05. The van der Waals surface area contributed by atoms with Crippen molar-refractivity contribution in [3.8, 4) is 0 Å². The van der Waals surface area contributed by atoms with E-state index in [-0.39, 0.29) is 6.54 Å². The lowest BCUT2D eigenvalue weighted by Crippen LogP contribution is -2.43. The molecule has 3 atom stereocenters. The summed E-state index contributed by atoms with van der Waals surface area (Å²) < 4.78 is 37.0. The van der Waals surface area contributed by atoms with Gasteiger partial charge in [-0.15, -0.1) is 0 Å². The standard InChI is InChI=1S/C16H19F2N5O3/c1-9-3-4-23(15(25)20-9)14-16(17,18)13(24)12(26-14)8-22-6-10-5-19-21(2)11(10)7-22/h3-5,12-14,24H,6-8H2,1-2H3/t12-,13-,14-/m1/s1. The molecule has 0 saturated carbocycles. The van der Waals surface area contributed by atoms with Gasteiger partial charge in [-0.05, 0) is 13.0 Å². The number of aliphatic hydroxyl groups is 1. The van der Waals surface area contributed by atoms with Crippen LogP contribution in [0.5, 0.6) is 0 Å². The Bertz CT molecular complexity index is 896. The van der Waals surface area contributed by atoms with E-state index in [2.05, 4.69) is 10.1 Å². The van der Waals surface area contributed by atoms with Gasteiger partial charge in [-0.3, -0.25) is 14.1 Å². The number of rotatable bonds is 3. The van der Waals surface area contributed by atoms with Crippen molar-refractivity contribution in [2.24, 2.45) is 7.05 Å². The van der Waals surface area contributed by atoms with Crippen LogP contribution >= 0.6 is 0 Å². The van der Waals surface area contributed by atoms with Crippen LogP contribution in [0.1, 0.15) is 23.2 Å². The van der Waals surface area contributed by atoms with E-state index >= 15 is 0 Å². The fourth-order valence-electron chi connectivity index (χ4n) is 3.53. The van der Waals surface area contributed by atoms with Crippen molar-refractivity contribution >= 4 is 0 Å². The lowest BCUT2D eigenvalue weighted by molar-refractivity contribution is -0.140. The van der Waals surface area contributed by atoms with Crippen molar-refractivity contribution in [2.45, 2.75) is 44.4 Å². The predicted molar refractivity (Wildman–Crippen MR) is 85.4 cm³/mol. The lowest BCUT2D eigenvalue weighted by atomic mass is 10.1. The number of aromatic nitrogens is 4. The molecule has 0 aromatic carbocycles. The second-order valence-electron chi connectivity index (χ2n) is 6.81. The van der Waals surface area contributed by atoms with Crippen LogP contribution in [0.2, 0.25) is 0 Å². The Morgan fingerprint density at radius 1 is 1.42 bits per heavy atom. The van der Waals surface area contributed by atoms with E-state index in [1.807, 2.05) is 11.9 Å². The van der Waals surface area contributed by atoms with Gasteiger partial charge >= 0.3 is 11.6 Å². The van der Waals surface area contributed by atoms with Gasteiger partial charge < -0.3 is 9.84 Å². The first-order valence-electron chi connectivity index (χ1n) is 8.26. The zero-order valence-corrected chi connectivity index (χ0v) is 14.3. The molecule has 0 amide bonds. The highest BCUT2D eigenvalue weighted by atomic mass is 19.3. The summed E-state index contributed by atoms with van der Waals surface area (Å²) in [5.41, 5.74) is 1.64. The lowest BCUT2D eigenvalue weighted by Gasteiger charge is -2.22. The average molecular weight is 367 g/mol. The highest BCUT2D eigenvalue weighted by molar-refractivity contribution is 5.22. The molecule has 0 bridgehead atoms. The highest BCUT2D eigenvalue weighted by Gasteiger charge is 2.59. The van der Waals surface area contributed by atoms with E-state index in [1.54, 1.807) is 17.8 Å². The molecule has 4 heterocycles. The van der Waals surface area contributed by atoms with Crippen LogP contribution in [0.3, 0.4) is 0 Å². The minimum atomic E-state index is -3.60. The molecule has 0 spiro atoms. The van der Waals surface area contributed by atoms with E-state index in [1.165, 1.54) is 12.3 Å². The highest BCUT2D eigenvalue weighted by Crippen LogP contribution is 2.42. The number of ether oxygens (including phenoxy) is 1. The molecule has 2 aromatic rings. The Morgan fingerprint density at radius 3 is 2.88 bits per heavy atom. The first-order chi connectivity index (χ1) is 12.3. The van der Waals surface area contributed by atoms with Crippen LogP contribution in [0.4, 0.5) is 8.78 Å². The van der Waals surface area contributed by atoms with Gasteiger partial charge in [0.15, 0.2) is 0 Å². The summed E-state index contributed by atoms with van der Waals surface area (Å²) in [5.74, 6) is -3.60. The molecule has 140 valence electrons. The minimum absolute atomic E-state index is 0.121. The van der Waals surface area contributed by atoms with Gasteiger partial charge in [-0.1, -0.05) is 0 Å². The number of aliphatic hydroxyl groups excluding tert-OH is 1. The minimum Gasteiger partial charge on any atom is -0.384 e. The Labute approximate surface area is 147 Å². The molecule has 2 aliphatic heterocycles. The number of halogens is 2. The van der Waals surface area contributed by atoms with E-state index in [0.717, 1.165) is 15.8 Å². The SMILES string of the molecule is Cc1ccn([C@@H]2O[C@H](CN3Cc4cnn(C)c4C3)[C@@H](O)C2(F)F)c(=O)n1. The molecule has 2 aromatic heterocycles. The average Bonchev–Trinajstić information content (AvgIpc) is 3.18. The second-order valence-corrected chi connectivity index (χ2v) is 6.81. The number of nitrogens with zero attached hydrogens (tertiary/aromatic N) is 5. The molecule has 2 aliphatic rings. The number of hydrogen-bond acceptors (Lipinski definition) is 6. The molecule has 26 heavy (non-hydrogen) atoms. The van der Waals surface area contributed by atoms with Gasteiger partial charge in [0.1, 0.15) is 12.2 Å². The maximum Gasteiger partial charge on any atom is 0.350 e. The van der Waals surface area contributed by atoms with Gasteiger partial charge in [0, 0.05) is 44.1 Å². The van der Waals surface area contributed by atoms with Crippen LogP contribution in [-0.2, 0) is 24.9 Å². The fourth-order valence-corrected chi connectivity index (χ4v) is 3.53. The molecular weight excluding hydrogens is 348 g/mol. The molecule has 10 heteroatoms. The first-order valence-corrected chi connectivity index (χ1v) is 8.26. The van der Waals surface area contributed by atoms with Crippen LogP contribution in [0.15, 0.2) is 23.3 Å². The van der Waals surface area contributed by atoms with Gasteiger partial charge in [0.05, 0.1) is 11.9 Å². The Balaban J connectivity index is 1.53. The third-order valence-electron chi connectivity index (χ3n) is 4.95. The number of hydrogen-bond donors (Lipinski definition) is 1. The van der Waals surface area contributed by atoms with E-state index < -0.39 is 30.0 Å². The third kappa shape index (κ3) is 2.65. The van der Waals surface area contributed by atoms with Gasteiger partial charge in [-0.25, -0.2) is 4.79 Å². The summed E-state index contributed by atoms with van der Waals surface area (Å²) in [6.45, 7) is 2.81. The number of aryl methyl sites for hydroxylation is 2. The molecule has 4 rings (SSSR count). The Kier molecular flexibility index (Phi) is 3.94. The van der Waals surface area contributed by atoms with Gasteiger partial charge in [-0.2, -0.15) is 18.9 Å². The van der Waals surface area contributed by atoms with Crippen molar-refractivity contribution in [3.63, 3.8) is 0 Å². The first kappa shape index (κ1) is 17.3. The summed E-state index contributed by atoms with van der Waals surface area (Å²) in [7, 11) is 1.82. The van der Waals surface area contributed by atoms with Gasteiger partial charge in [0.2, 0.25) is 6.23 Å². The summed E-state index contributed by atoms with van der Waals surface area (Å²) >= 11 is 0. The van der Waals surface area contributed by atoms with Crippen LogP contribution in [0, 0.1) is 6.92 Å². The van der Waals surface area contributed by atoms with Crippen molar-refractivity contribution in [2.75, 3.05) is 6.54 Å². The summed E-state index contributed by atoms with van der Waals surface area (Å²) in [6, 6.07) is 1.45. The number of fused-ring (bicyclic) bond motifs is 1. The fraction of sp³-hybridized carbons (Fsp3) is 0.562. The Morgan fingerprint density at radius 2 is 2.19 bits per heavy atom. The molecule has 0 unspecified atom stereocenters. The molecule has 8 nitrogen and oxygen atoms in total. The predicted octanol–water partition coefficient (Wildman–Crippen LogP) is 0.195. The molecule has 0 radical (unpaired) electrons. The zero-order chi connectivity index (χ0) is 18.6. The quantitative estimate of drug-likeness (QED) is 0.834. The smallest absolute Gasteiger partial charge is 0.350 e. The van der Waals surface area contributed by atoms with Crippen molar-refractivity contribution in [3.05, 3.63) is 45.9 Å². The summed E-state index contributed by atoms with van der Waals surface area (Å²) in [5, 5.41) is 14.3. The number of alkyl halides is 2. The normalized spacial score (nSPS) is 27.8. The molecule has 1 saturated heterocycles. The maximum atomic E-state index is 14.6. The van der Waals surface area contributed by atoms with Crippen molar-refractivity contribution < 1.29 is 18.6 Å². The molecule has 1 fully saturated rings. The summed E-state index contributed by atoms with van der Waals surface area (Å²) in [4.78, 5) is 17.5. The topological polar surface area (TPSA) is 85.4 Å². The zero-order valence-electron chi connectivity index (χ0n) is 14.3. The van der Waals surface area contributed by atoms with Crippen LogP contribution < -0.4 is 5.69 Å². The maximum absolute atomic E-state index is 14.6.